The van der Waals surface area contributed by atoms with Gasteiger partial charge in [0, 0.05) is 0 Å². The first-order valence-corrected chi connectivity index (χ1v) is 3.05. The van der Waals surface area contributed by atoms with Gasteiger partial charge < -0.3 is 5.21 Å². The number of aromatic nitrogens is 2. The predicted molar refractivity (Wildman–Crippen MR) is 39.3 cm³/mol. The van der Waals surface area contributed by atoms with Crippen molar-refractivity contribution in [1.29, 1.82) is 0 Å². The first-order chi connectivity index (χ1) is 5.24. The Kier molecular flexibility index (Phi) is 2.05. The Balaban J connectivity index is 2.77. The van der Waals surface area contributed by atoms with Gasteiger partial charge in [-0.3, -0.25) is 0 Å². The van der Waals surface area contributed by atoms with Crippen LogP contribution in [0, 0.1) is 19.1 Å². The molecule has 0 aliphatic rings. The third-order valence-corrected chi connectivity index (χ3v) is 1.19. The molecule has 0 unspecified atom stereocenters. The summed E-state index contributed by atoms with van der Waals surface area (Å²) in [6.07, 6.45) is 0. The Labute approximate surface area is 63.5 Å². The molecule has 1 N–H and O–H groups in total. The van der Waals surface area contributed by atoms with Crippen molar-refractivity contribution in [3.05, 3.63) is 22.7 Å². The van der Waals surface area contributed by atoms with Crippen LogP contribution >= 0.6 is 0 Å². The maximum absolute atomic E-state index is 9.58. The molecule has 0 aliphatic carbocycles. The minimum atomic E-state index is 0.857. The van der Waals surface area contributed by atoms with Gasteiger partial charge in [0.15, 0.2) is 0 Å². The maximum Gasteiger partial charge on any atom is 0.0618 e. The highest BCUT2D eigenvalue weighted by atomic mass is 16.5. The lowest BCUT2D eigenvalue weighted by Gasteiger charge is -1.99. The van der Waals surface area contributed by atoms with Crippen LogP contribution in [0.15, 0.2) is 16.6 Å². The molecule has 0 radical (unpaired) electrons. The van der Waals surface area contributed by atoms with Crippen molar-refractivity contribution >= 4 is 0 Å². The van der Waals surface area contributed by atoms with Crippen LogP contribution in [0.4, 0.5) is 0 Å². The Morgan fingerprint density at radius 3 is 2.82 bits per heavy atom. The van der Waals surface area contributed by atoms with Crippen LogP contribution < -0.4 is 5.53 Å². The van der Waals surface area contributed by atoms with E-state index in [0.29, 0.717) is 0 Å². The second-order valence-corrected chi connectivity index (χ2v) is 2.12. The summed E-state index contributed by atoms with van der Waals surface area (Å²) in [6.45, 7) is 3.69. The molecule has 1 aromatic heterocycles. The Hall–Kier alpha value is -1.59. The minimum Gasteiger partial charge on any atom is -0.774 e. The molecular formula is C5H8N5O-. The van der Waals surface area contributed by atoms with E-state index < -0.39 is 0 Å². The van der Waals surface area contributed by atoms with Gasteiger partial charge in [0.25, 0.3) is 0 Å². The van der Waals surface area contributed by atoms with Gasteiger partial charge in [-0.25, -0.2) is 0 Å². The zero-order valence-corrected chi connectivity index (χ0v) is 6.27. The molecule has 1 aromatic rings. The van der Waals surface area contributed by atoms with Crippen molar-refractivity contribution in [2.75, 3.05) is 5.53 Å². The highest BCUT2D eigenvalue weighted by Gasteiger charge is 1.96. The lowest BCUT2D eigenvalue weighted by atomic mass is 10.4. The van der Waals surface area contributed by atoms with Gasteiger partial charge in [0.05, 0.1) is 11.4 Å². The third kappa shape index (κ3) is 1.66. The van der Waals surface area contributed by atoms with E-state index in [0.717, 1.165) is 11.4 Å². The molecule has 0 aliphatic heterocycles. The summed E-state index contributed by atoms with van der Waals surface area (Å²) in [5, 5.41) is 18.9. The smallest absolute Gasteiger partial charge is 0.0618 e. The molecule has 0 amide bonds. The van der Waals surface area contributed by atoms with Crippen molar-refractivity contribution in [2.45, 2.75) is 13.8 Å². The lowest BCUT2D eigenvalue weighted by Crippen LogP contribution is -2.10. The molecule has 1 rings (SSSR count). The first kappa shape index (κ1) is 7.52. The SMILES string of the molecule is Cc1cc(C)n(NN=N[O-])n1. The minimum absolute atomic E-state index is 0.857. The monoisotopic (exact) mass is 154 g/mol. The number of aryl methyl sites for hydroxylation is 2. The van der Waals surface area contributed by atoms with E-state index in [1.807, 2.05) is 19.9 Å². The molecule has 0 atom stereocenters. The van der Waals surface area contributed by atoms with Gasteiger partial charge in [-0.15, -0.1) is 0 Å². The predicted octanol–water partition coefficient (Wildman–Crippen LogP) is 0.908. The zero-order valence-electron chi connectivity index (χ0n) is 6.27. The number of rotatable bonds is 2. The van der Waals surface area contributed by atoms with Crippen LogP contribution in [0.5, 0.6) is 0 Å². The summed E-state index contributed by atoms with van der Waals surface area (Å²) in [4.78, 5) is 1.37. The number of nitrogens with zero attached hydrogens (tertiary/aromatic N) is 4. The molecule has 6 heteroatoms. The van der Waals surface area contributed by atoms with E-state index in [4.69, 9.17) is 0 Å². The maximum atomic E-state index is 9.58. The number of nitrogens with one attached hydrogen (secondary N) is 1. The van der Waals surface area contributed by atoms with E-state index in [1.54, 1.807) is 0 Å². The van der Waals surface area contributed by atoms with E-state index >= 15 is 0 Å². The summed E-state index contributed by atoms with van der Waals surface area (Å²) < 4.78 is 0. The fourth-order valence-corrected chi connectivity index (χ4v) is 0.791. The quantitative estimate of drug-likeness (QED) is 0.508. The van der Waals surface area contributed by atoms with Crippen LogP contribution in [0.2, 0.25) is 0 Å². The topological polar surface area (TPSA) is 77.6 Å². The second kappa shape index (κ2) is 3.00. The van der Waals surface area contributed by atoms with Crippen molar-refractivity contribution in [3.8, 4) is 0 Å². The van der Waals surface area contributed by atoms with Crippen LogP contribution in [-0.4, -0.2) is 9.89 Å². The van der Waals surface area contributed by atoms with Gasteiger partial charge in [-0.2, -0.15) is 20.7 Å². The highest BCUT2D eigenvalue weighted by Crippen LogP contribution is 1.98. The molecule has 0 bridgehead atoms. The summed E-state index contributed by atoms with van der Waals surface area (Å²) >= 11 is 0. The van der Waals surface area contributed by atoms with Gasteiger partial charge in [0.2, 0.25) is 0 Å². The van der Waals surface area contributed by atoms with E-state index in [1.165, 1.54) is 4.79 Å². The Morgan fingerprint density at radius 1 is 1.64 bits per heavy atom. The first-order valence-electron chi connectivity index (χ1n) is 3.05. The van der Waals surface area contributed by atoms with Crippen LogP contribution in [0.3, 0.4) is 0 Å². The molecule has 60 valence electrons. The Bertz CT molecular complexity index is 266. The largest absolute Gasteiger partial charge is 0.774 e. The molecule has 0 fully saturated rings. The fourth-order valence-electron chi connectivity index (χ4n) is 0.791. The van der Waals surface area contributed by atoms with Gasteiger partial charge in [-0.05, 0) is 19.9 Å². The average molecular weight is 154 g/mol. The van der Waals surface area contributed by atoms with E-state index in [2.05, 4.69) is 21.1 Å². The molecule has 6 nitrogen and oxygen atoms in total. The highest BCUT2D eigenvalue weighted by molar-refractivity contribution is 5.07. The van der Waals surface area contributed by atoms with Crippen LogP contribution in [0.1, 0.15) is 11.4 Å². The molecule has 0 saturated heterocycles. The Morgan fingerprint density at radius 2 is 2.36 bits per heavy atom. The van der Waals surface area contributed by atoms with Crippen LogP contribution in [0.25, 0.3) is 0 Å². The lowest BCUT2D eigenvalue weighted by molar-refractivity contribution is 0.704. The summed E-state index contributed by atoms with van der Waals surface area (Å²) in [5.74, 6) is 0. The normalized spacial score (nSPS) is 10.7. The van der Waals surface area contributed by atoms with Crippen molar-refractivity contribution < 1.29 is 0 Å². The average Bonchev–Trinajstić information content (AvgIpc) is 2.26. The van der Waals surface area contributed by atoms with Crippen molar-refractivity contribution in [2.24, 2.45) is 10.5 Å². The van der Waals surface area contributed by atoms with Crippen molar-refractivity contribution in [3.63, 3.8) is 0 Å². The second-order valence-electron chi connectivity index (χ2n) is 2.12. The fraction of sp³-hybridized carbons (Fsp3) is 0.400. The molecule has 11 heavy (non-hydrogen) atoms. The summed E-state index contributed by atoms with van der Waals surface area (Å²) in [7, 11) is 0. The molecule has 0 saturated carbocycles. The summed E-state index contributed by atoms with van der Waals surface area (Å²) in [6, 6.07) is 1.85. The number of hydrogen-bond donors (Lipinski definition) is 1. The van der Waals surface area contributed by atoms with Gasteiger partial charge in [0.1, 0.15) is 0 Å². The molecule has 0 aromatic carbocycles. The van der Waals surface area contributed by atoms with Crippen LogP contribution in [-0.2, 0) is 0 Å². The number of hydrogen-bond acceptors (Lipinski definition) is 4. The third-order valence-electron chi connectivity index (χ3n) is 1.19. The van der Waals surface area contributed by atoms with Gasteiger partial charge in [-0.1, -0.05) is 5.22 Å². The summed E-state index contributed by atoms with van der Waals surface area (Å²) in [5.41, 5.74) is 4.06. The standard InChI is InChI=1S/C5H9N5O/c1-4-3-5(2)10(6-4)8-7-9-11/h3H,1-2H3,(H,7,11)(H,8,9)/p-1. The van der Waals surface area contributed by atoms with Gasteiger partial charge >= 0.3 is 0 Å². The zero-order chi connectivity index (χ0) is 8.27. The van der Waals surface area contributed by atoms with E-state index in [9.17, 15) is 5.21 Å². The van der Waals surface area contributed by atoms with Crippen molar-refractivity contribution in [1.82, 2.24) is 9.89 Å². The van der Waals surface area contributed by atoms with E-state index in [-0.39, 0.29) is 0 Å². The molecule has 0 spiro atoms. The molecular weight excluding hydrogens is 146 g/mol. The molecule has 1 heterocycles.